The molecule has 0 bridgehead atoms. The summed E-state index contributed by atoms with van der Waals surface area (Å²) in [6.45, 7) is 4.54. The molecular weight excluding hydrogens is 414 g/mol. The minimum Gasteiger partial charge on any atom is -0.490 e. The predicted octanol–water partition coefficient (Wildman–Crippen LogP) is 8.79. The van der Waals surface area contributed by atoms with Crippen LogP contribution in [-0.2, 0) is 0 Å². The van der Waals surface area contributed by atoms with Crippen LogP contribution in [-0.4, -0.2) is 6.61 Å². The zero-order chi connectivity index (χ0) is 23.5. The second-order valence-electron chi connectivity index (χ2n) is 9.38. The van der Waals surface area contributed by atoms with E-state index in [1.807, 2.05) is 19.1 Å². The van der Waals surface area contributed by atoms with Gasteiger partial charge in [-0.15, -0.1) is 0 Å². The Morgan fingerprint density at radius 1 is 0.788 bits per heavy atom. The molecule has 178 valence electrons. The molecule has 3 rings (SSSR count). The number of benzene rings is 2. The summed E-state index contributed by atoms with van der Waals surface area (Å²) in [5.74, 6) is 5.29. The summed E-state index contributed by atoms with van der Waals surface area (Å²) < 4.78 is 33.7. The van der Waals surface area contributed by atoms with Crippen LogP contribution in [0.25, 0.3) is 0 Å². The number of hydrogen-bond acceptors (Lipinski definition) is 1. The van der Waals surface area contributed by atoms with Crippen molar-refractivity contribution in [2.24, 2.45) is 5.92 Å². The molecule has 0 heterocycles. The highest BCUT2D eigenvalue weighted by Gasteiger charge is 2.22. The van der Waals surface area contributed by atoms with E-state index in [0.717, 1.165) is 17.9 Å². The molecule has 0 atom stereocenters. The molecule has 0 aliphatic heterocycles. The van der Waals surface area contributed by atoms with Crippen molar-refractivity contribution < 1.29 is 13.5 Å². The quantitative estimate of drug-likeness (QED) is 0.258. The summed E-state index contributed by atoms with van der Waals surface area (Å²) in [7, 11) is 0. The summed E-state index contributed by atoms with van der Waals surface area (Å²) >= 11 is 0. The van der Waals surface area contributed by atoms with Gasteiger partial charge in [-0.25, -0.2) is 4.39 Å². The average Bonchev–Trinajstić information content (AvgIpc) is 2.85. The summed E-state index contributed by atoms with van der Waals surface area (Å²) in [5.41, 5.74) is 2.23. The molecule has 0 amide bonds. The predicted molar refractivity (Wildman–Crippen MR) is 133 cm³/mol. The molecule has 2 aromatic rings. The van der Waals surface area contributed by atoms with E-state index in [0.29, 0.717) is 12.5 Å². The maximum atomic E-state index is 14.3. The number of halogens is 2. The van der Waals surface area contributed by atoms with Crippen LogP contribution in [0.15, 0.2) is 36.4 Å². The second kappa shape index (κ2) is 13.4. The first-order valence-corrected chi connectivity index (χ1v) is 12.8. The van der Waals surface area contributed by atoms with Crippen LogP contribution >= 0.6 is 0 Å². The van der Waals surface area contributed by atoms with Crippen molar-refractivity contribution in [3.05, 3.63) is 64.7 Å². The van der Waals surface area contributed by atoms with Crippen LogP contribution in [0.5, 0.6) is 5.75 Å². The molecule has 0 spiro atoms. The van der Waals surface area contributed by atoms with E-state index in [4.69, 9.17) is 4.74 Å². The monoisotopic (exact) mass is 452 g/mol. The molecule has 2 aromatic carbocycles. The lowest BCUT2D eigenvalue weighted by Gasteiger charge is -2.29. The molecule has 0 radical (unpaired) electrons. The molecule has 0 unspecified atom stereocenters. The Labute approximate surface area is 198 Å². The third kappa shape index (κ3) is 7.60. The Balaban J connectivity index is 1.52. The average molecular weight is 453 g/mol. The molecule has 33 heavy (non-hydrogen) atoms. The van der Waals surface area contributed by atoms with Gasteiger partial charge in [-0.05, 0) is 73.8 Å². The molecule has 1 fully saturated rings. The normalized spacial score (nSPS) is 17.9. The van der Waals surface area contributed by atoms with Crippen LogP contribution in [0.2, 0.25) is 0 Å². The van der Waals surface area contributed by atoms with Gasteiger partial charge in [0.15, 0.2) is 11.6 Å². The van der Waals surface area contributed by atoms with Gasteiger partial charge in [-0.2, -0.15) is 4.39 Å². The van der Waals surface area contributed by atoms with Crippen LogP contribution in [0, 0.1) is 29.4 Å². The molecule has 1 nitrogen and oxygen atoms in total. The number of unbranched alkanes of at least 4 members (excludes halogenated alkanes) is 4. The van der Waals surface area contributed by atoms with Gasteiger partial charge in [0, 0.05) is 5.56 Å². The van der Waals surface area contributed by atoms with Crippen LogP contribution < -0.4 is 4.74 Å². The first-order valence-electron chi connectivity index (χ1n) is 12.8. The van der Waals surface area contributed by atoms with Crippen LogP contribution in [0.4, 0.5) is 8.78 Å². The summed E-state index contributed by atoms with van der Waals surface area (Å²) in [5, 5.41) is 0. The second-order valence-corrected chi connectivity index (χ2v) is 9.38. The molecule has 0 aromatic heterocycles. The maximum absolute atomic E-state index is 14.3. The zero-order valence-corrected chi connectivity index (χ0v) is 20.3. The lowest BCUT2D eigenvalue weighted by atomic mass is 9.77. The lowest BCUT2D eigenvalue weighted by molar-refractivity contribution is 0.295. The smallest absolute Gasteiger partial charge is 0.201 e. The van der Waals surface area contributed by atoms with Crippen molar-refractivity contribution in [2.75, 3.05) is 6.61 Å². The molecule has 1 saturated carbocycles. The van der Waals surface area contributed by atoms with Gasteiger partial charge < -0.3 is 4.74 Å². The highest BCUT2D eigenvalue weighted by Crippen LogP contribution is 2.37. The molecule has 1 aliphatic rings. The van der Waals surface area contributed by atoms with Crippen molar-refractivity contribution in [2.45, 2.75) is 90.4 Å². The van der Waals surface area contributed by atoms with E-state index in [-0.39, 0.29) is 11.3 Å². The van der Waals surface area contributed by atoms with Gasteiger partial charge in [-0.1, -0.05) is 76.3 Å². The molecule has 1 aliphatic carbocycles. The number of hydrogen-bond donors (Lipinski definition) is 0. The largest absolute Gasteiger partial charge is 0.490 e. The fourth-order valence-corrected chi connectivity index (χ4v) is 4.75. The molecule has 3 heteroatoms. The van der Waals surface area contributed by atoms with E-state index in [2.05, 4.69) is 30.9 Å². The van der Waals surface area contributed by atoms with Crippen molar-refractivity contribution in [1.82, 2.24) is 0 Å². The van der Waals surface area contributed by atoms with Gasteiger partial charge >= 0.3 is 0 Å². The highest BCUT2D eigenvalue weighted by atomic mass is 19.2. The third-order valence-electron chi connectivity index (χ3n) is 6.79. The van der Waals surface area contributed by atoms with E-state index in [1.54, 1.807) is 0 Å². The van der Waals surface area contributed by atoms with E-state index < -0.39 is 11.6 Å². The van der Waals surface area contributed by atoms with Gasteiger partial charge in [-0.3, -0.25) is 0 Å². The van der Waals surface area contributed by atoms with E-state index in [1.165, 1.54) is 81.9 Å². The van der Waals surface area contributed by atoms with Crippen molar-refractivity contribution in [1.29, 1.82) is 0 Å². The Hall–Kier alpha value is -2.34. The topological polar surface area (TPSA) is 9.23 Å². The Morgan fingerprint density at radius 2 is 1.52 bits per heavy atom. The van der Waals surface area contributed by atoms with E-state index in [9.17, 15) is 8.78 Å². The zero-order valence-electron chi connectivity index (χ0n) is 20.3. The Bertz CT molecular complexity index is 915. The van der Waals surface area contributed by atoms with Gasteiger partial charge in [0.05, 0.1) is 12.2 Å². The van der Waals surface area contributed by atoms with Gasteiger partial charge in [0.2, 0.25) is 5.82 Å². The first kappa shape index (κ1) is 25.3. The highest BCUT2D eigenvalue weighted by molar-refractivity contribution is 5.46. The SMILES string of the molecule is CCCCCCCC1CCC(c2ccc(C#Cc3ccc(OCCC)c(F)c3F)cc2)CC1. The summed E-state index contributed by atoms with van der Waals surface area (Å²) in [4.78, 5) is 0. The van der Waals surface area contributed by atoms with E-state index >= 15 is 0 Å². The minimum atomic E-state index is -0.970. The first-order chi connectivity index (χ1) is 16.1. The number of ether oxygens (including phenoxy) is 1. The number of rotatable bonds is 10. The van der Waals surface area contributed by atoms with Crippen molar-refractivity contribution in [3.8, 4) is 17.6 Å². The van der Waals surface area contributed by atoms with Crippen LogP contribution in [0.1, 0.15) is 107 Å². The van der Waals surface area contributed by atoms with Crippen molar-refractivity contribution >= 4 is 0 Å². The minimum absolute atomic E-state index is 0.0495. The molecular formula is C30H38F2O. The summed E-state index contributed by atoms with van der Waals surface area (Å²) in [6.07, 6.45) is 14.2. The fourth-order valence-electron chi connectivity index (χ4n) is 4.75. The van der Waals surface area contributed by atoms with Crippen molar-refractivity contribution in [3.63, 3.8) is 0 Å². The Morgan fingerprint density at radius 3 is 2.21 bits per heavy atom. The maximum Gasteiger partial charge on any atom is 0.201 e. The van der Waals surface area contributed by atoms with Gasteiger partial charge in [0.25, 0.3) is 0 Å². The molecule has 0 saturated heterocycles. The summed E-state index contributed by atoms with van der Waals surface area (Å²) in [6, 6.07) is 11.2. The third-order valence-corrected chi connectivity index (χ3v) is 6.79. The van der Waals surface area contributed by atoms with Gasteiger partial charge in [0.1, 0.15) is 0 Å². The van der Waals surface area contributed by atoms with Crippen LogP contribution in [0.3, 0.4) is 0 Å². The fraction of sp³-hybridized carbons (Fsp3) is 0.533. The standard InChI is InChI=1S/C30H38F2O/c1-3-5-6-7-8-9-23-10-15-25(16-11-23)26-17-12-24(13-18-26)14-19-27-20-21-28(33-22-4-2)30(32)29(27)31/h12-13,17-18,20-21,23,25H,3-11,15-16,22H2,1-2H3. The lowest BCUT2D eigenvalue weighted by Crippen LogP contribution is -2.13. The Kier molecular flexibility index (Phi) is 10.3. The molecule has 0 N–H and O–H groups in total.